The molecule has 0 amide bonds. The molecule has 2 rings (SSSR count). The Kier molecular flexibility index (Phi) is 5.59. The van der Waals surface area contributed by atoms with Gasteiger partial charge in [0.25, 0.3) is 5.69 Å². The Hall–Kier alpha value is -2.80. The topological polar surface area (TPSA) is 83.2 Å². The van der Waals surface area contributed by atoms with Gasteiger partial charge in [0.2, 0.25) is 5.75 Å². The molecule has 0 N–H and O–H groups in total. The Morgan fingerprint density at radius 2 is 1.71 bits per heavy atom. The molecule has 24 heavy (non-hydrogen) atoms. The van der Waals surface area contributed by atoms with Crippen molar-refractivity contribution in [1.82, 2.24) is 0 Å². The van der Waals surface area contributed by atoms with Crippen molar-refractivity contribution in [2.75, 3.05) is 21.3 Å². The fraction of sp³-hybridized carbons (Fsp3) is 0.188. The first kappa shape index (κ1) is 17.6. The molecule has 2 aromatic rings. The Bertz CT molecular complexity index is 767. The zero-order valence-electron chi connectivity index (χ0n) is 13.3. The van der Waals surface area contributed by atoms with Crippen LogP contribution < -0.4 is 14.2 Å². The fourth-order valence-corrected chi connectivity index (χ4v) is 2.23. The number of nitrogens with zero attached hydrogens (tertiary/aromatic N) is 2. The summed E-state index contributed by atoms with van der Waals surface area (Å²) in [6.07, 6.45) is 1.49. The molecule has 126 valence electrons. The molecule has 0 saturated carbocycles. The molecular weight excluding hydrogens is 336 g/mol. The van der Waals surface area contributed by atoms with E-state index in [2.05, 4.69) is 4.99 Å². The van der Waals surface area contributed by atoms with Crippen molar-refractivity contribution in [2.45, 2.75) is 0 Å². The highest BCUT2D eigenvalue weighted by Crippen LogP contribution is 2.40. The summed E-state index contributed by atoms with van der Waals surface area (Å²) in [5, 5.41) is 11.0. The third kappa shape index (κ3) is 3.75. The van der Waals surface area contributed by atoms with Crippen LogP contribution in [0.15, 0.2) is 35.3 Å². The number of aliphatic imine (C=N–C) groups is 1. The second-order valence-electron chi connectivity index (χ2n) is 4.61. The van der Waals surface area contributed by atoms with Gasteiger partial charge in [-0.05, 0) is 11.6 Å². The largest absolute Gasteiger partial charge is 0.493 e. The van der Waals surface area contributed by atoms with E-state index in [0.717, 1.165) is 0 Å². The standard InChI is InChI=1S/C16H15ClN2O5/c1-22-14-7-11(8-15(23-2)16(14)24-3)18-9-10-4-5-12(17)13(6-10)19(20)21/h4-9H,1-3H3. The summed E-state index contributed by atoms with van der Waals surface area (Å²) in [5.74, 6) is 1.39. The molecule has 0 spiro atoms. The first-order valence-corrected chi connectivity index (χ1v) is 7.16. The van der Waals surface area contributed by atoms with Gasteiger partial charge in [0, 0.05) is 24.4 Å². The van der Waals surface area contributed by atoms with Gasteiger partial charge in [0.15, 0.2) is 11.5 Å². The predicted octanol–water partition coefficient (Wildman–Crippen LogP) is 4.02. The summed E-state index contributed by atoms with van der Waals surface area (Å²) in [4.78, 5) is 14.7. The number of ether oxygens (including phenoxy) is 3. The van der Waals surface area contributed by atoms with E-state index in [1.807, 2.05) is 0 Å². The number of benzene rings is 2. The molecule has 0 aromatic heterocycles. The van der Waals surface area contributed by atoms with Crippen molar-refractivity contribution in [1.29, 1.82) is 0 Å². The van der Waals surface area contributed by atoms with Crippen molar-refractivity contribution in [3.63, 3.8) is 0 Å². The second kappa shape index (κ2) is 7.65. The highest BCUT2D eigenvalue weighted by atomic mass is 35.5. The van der Waals surface area contributed by atoms with E-state index in [4.69, 9.17) is 25.8 Å². The van der Waals surface area contributed by atoms with Gasteiger partial charge in [0.1, 0.15) is 5.02 Å². The van der Waals surface area contributed by atoms with E-state index in [1.165, 1.54) is 39.7 Å². The molecule has 0 aliphatic rings. The Morgan fingerprint density at radius 1 is 1.08 bits per heavy atom. The average Bonchev–Trinajstić information content (AvgIpc) is 2.59. The summed E-state index contributed by atoms with van der Waals surface area (Å²) in [7, 11) is 4.52. The van der Waals surface area contributed by atoms with Gasteiger partial charge in [-0.1, -0.05) is 17.7 Å². The van der Waals surface area contributed by atoms with Crippen LogP contribution in [0, 0.1) is 10.1 Å². The molecular formula is C16H15ClN2O5. The molecule has 0 radical (unpaired) electrons. The van der Waals surface area contributed by atoms with Crippen molar-refractivity contribution in [3.8, 4) is 17.2 Å². The van der Waals surface area contributed by atoms with Crippen LogP contribution in [0.25, 0.3) is 0 Å². The summed E-state index contributed by atoms with van der Waals surface area (Å²) in [5.41, 5.74) is 0.910. The average molecular weight is 351 g/mol. The minimum atomic E-state index is -0.543. The highest BCUT2D eigenvalue weighted by molar-refractivity contribution is 6.32. The molecule has 0 fully saturated rings. The summed E-state index contributed by atoms with van der Waals surface area (Å²) < 4.78 is 15.7. The number of methoxy groups -OCH3 is 3. The van der Waals surface area contributed by atoms with Crippen molar-refractivity contribution in [2.24, 2.45) is 4.99 Å². The Morgan fingerprint density at radius 3 is 2.21 bits per heavy atom. The van der Waals surface area contributed by atoms with Gasteiger partial charge in [0.05, 0.1) is 31.9 Å². The number of hydrogen-bond donors (Lipinski definition) is 0. The summed E-state index contributed by atoms with van der Waals surface area (Å²) >= 11 is 5.79. The van der Waals surface area contributed by atoms with Crippen LogP contribution in [0.1, 0.15) is 5.56 Å². The maximum atomic E-state index is 10.9. The molecule has 0 aliphatic heterocycles. The van der Waals surface area contributed by atoms with Crippen LogP contribution >= 0.6 is 11.6 Å². The fourth-order valence-electron chi connectivity index (χ4n) is 2.04. The van der Waals surface area contributed by atoms with Crippen LogP contribution in [0.4, 0.5) is 11.4 Å². The SMILES string of the molecule is COc1cc(N=Cc2ccc(Cl)c([N+](=O)[O-])c2)cc(OC)c1OC. The predicted molar refractivity (Wildman–Crippen MR) is 91.5 cm³/mol. The minimum absolute atomic E-state index is 0.0740. The molecule has 7 nitrogen and oxygen atoms in total. The van der Waals surface area contributed by atoms with E-state index in [9.17, 15) is 10.1 Å². The lowest BCUT2D eigenvalue weighted by Crippen LogP contribution is -1.94. The van der Waals surface area contributed by atoms with Crippen molar-refractivity contribution < 1.29 is 19.1 Å². The molecule has 0 unspecified atom stereocenters. The zero-order chi connectivity index (χ0) is 17.7. The normalized spacial score (nSPS) is 10.7. The van der Waals surface area contributed by atoms with E-state index < -0.39 is 4.92 Å². The van der Waals surface area contributed by atoms with Crippen LogP contribution in [0.2, 0.25) is 5.02 Å². The highest BCUT2D eigenvalue weighted by Gasteiger charge is 2.14. The molecule has 8 heteroatoms. The first-order chi connectivity index (χ1) is 11.5. The molecule has 0 atom stereocenters. The zero-order valence-corrected chi connectivity index (χ0v) is 14.0. The van der Waals surface area contributed by atoms with Gasteiger partial charge in [-0.15, -0.1) is 0 Å². The lowest BCUT2D eigenvalue weighted by atomic mass is 10.2. The van der Waals surface area contributed by atoms with E-state index in [0.29, 0.717) is 28.5 Å². The molecule has 0 saturated heterocycles. The second-order valence-corrected chi connectivity index (χ2v) is 5.02. The monoisotopic (exact) mass is 350 g/mol. The number of rotatable bonds is 6. The van der Waals surface area contributed by atoms with Crippen LogP contribution in [0.5, 0.6) is 17.2 Å². The smallest absolute Gasteiger partial charge is 0.288 e. The Balaban J connectivity index is 2.39. The van der Waals surface area contributed by atoms with Gasteiger partial charge in [-0.3, -0.25) is 15.1 Å². The third-order valence-electron chi connectivity index (χ3n) is 3.18. The maximum absolute atomic E-state index is 10.9. The molecule has 0 heterocycles. The summed E-state index contributed by atoms with van der Waals surface area (Å²) in [6.45, 7) is 0. The molecule has 0 aliphatic carbocycles. The van der Waals surface area contributed by atoms with E-state index in [-0.39, 0.29) is 10.7 Å². The lowest BCUT2D eigenvalue weighted by molar-refractivity contribution is -0.384. The van der Waals surface area contributed by atoms with E-state index in [1.54, 1.807) is 18.2 Å². The van der Waals surface area contributed by atoms with E-state index >= 15 is 0 Å². The van der Waals surface area contributed by atoms with Crippen molar-refractivity contribution in [3.05, 3.63) is 51.0 Å². The molecule has 2 aromatic carbocycles. The maximum Gasteiger partial charge on any atom is 0.288 e. The van der Waals surface area contributed by atoms with Gasteiger partial charge in [-0.2, -0.15) is 0 Å². The number of hydrogen-bond acceptors (Lipinski definition) is 6. The minimum Gasteiger partial charge on any atom is -0.493 e. The lowest BCUT2D eigenvalue weighted by Gasteiger charge is -2.12. The quantitative estimate of drug-likeness (QED) is 0.446. The molecule has 0 bridgehead atoms. The van der Waals surface area contributed by atoms with Gasteiger partial charge >= 0.3 is 0 Å². The third-order valence-corrected chi connectivity index (χ3v) is 3.50. The number of nitro benzene ring substituents is 1. The number of nitro groups is 1. The number of halogens is 1. The summed E-state index contributed by atoms with van der Waals surface area (Å²) in [6, 6.07) is 7.78. The van der Waals surface area contributed by atoms with Crippen LogP contribution in [-0.2, 0) is 0 Å². The van der Waals surface area contributed by atoms with Crippen LogP contribution in [0.3, 0.4) is 0 Å². The van der Waals surface area contributed by atoms with Gasteiger partial charge < -0.3 is 14.2 Å². The Labute approximate surface area is 143 Å². The van der Waals surface area contributed by atoms with Crippen LogP contribution in [-0.4, -0.2) is 32.5 Å². The first-order valence-electron chi connectivity index (χ1n) is 6.78. The van der Waals surface area contributed by atoms with Crippen molar-refractivity contribution >= 4 is 29.2 Å². The van der Waals surface area contributed by atoms with Gasteiger partial charge in [-0.25, -0.2) is 0 Å².